The molecule has 2 unspecified atom stereocenters. The first kappa shape index (κ1) is 10.5. The third-order valence-corrected chi connectivity index (χ3v) is 3.68. The van der Waals surface area contributed by atoms with Crippen LogP contribution in [0.1, 0.15) is 25.7 Å². The van der Waals surface area contributed by atoms with Gasteiger partial charge in [0, 0.05) is 12.6 Å². The monoisotopic (exact) mass is 203 g/mol. The summed E-state index contributed by atoms with van der Waals surface area (Å²) in [6, 6.07) is 2.84. The Balaban J connectivity index is 2.12. The summed E-state index contributed by atoms with van der Waals surface area (Å²) >= 11 is 0. The van der Waals surface area contributed by atoms with Crippen molar-refractivity contribution in [3.63, 3.8) is 0 Å². The van der Waals surface area contributed by atoms with Crippen LogP contribution >= 0.6 is 0 Å². The van der Waals surface area contributed by atoms with Gasteiger partial charge in [0.25, 0.3) is 0 Å². The maximum atomic E-state index is 9.37. The van der Waals surface area contributed by atoms with E-state index in [1.165, 1.54) is 12.8 Å². The number of fused-ring (bicyclic) bond motifs is 1. The van der Waals surface area contributed by atoms with Crippen LogP contribution in [0, 0.1) is 23.7 Å². The summed E-state index contributed by atoms with van der Waals surface area (Å²) in [7, 11) is 0. The number of nitrogens with one attached hydrogen (secondary N) is 1. The summed E-state index contributed by atoms with van der Waals surface area (Å²) in [6.45, 7) is 2.68. The fourth-order valence-electron chi connectivity index (χ4n) is 2.89. The molecule has 2 saturated heterocycles. The Morgan fingerprint density at radius 1 is 1.47 bits per heavy atom. The molecule has 3 heteroatoms. The maximum Gasteiger partial charge on any atom is 0.124 e. The predicted molar refractivity (Wildman–Crippen MR) is 59.0 cm³/mol. The molecule has 1 N–H and O–H groups in total. The van der Waals surface area contributed by atoms with Crippen LogP contribution in [0.4, 0.5) is 0 Å². The summed E-state index contributed by atoms with van der Waals surface area (Å²) in [5, 5.41) is 12.6. The molecule has 2 aliphatic heterocycles. The number of nitriles is 1. The maximum absolute atomic E-state index is 9.37. The Hall–Kier alpha value is -1.03. The van der Waals surface area contributed by atoms with Gasteiger partial charge in [-0.05, 0) is 25.8 Å². The molecule has 2 rings (SSSR count). The number of hydrogen-bond acceptors (Lipinski definition) is 3. The summed E-state index contributed by atoms with van der Waals surface area (Å²) in [4.78, 5) is 2.44. The van der Waals surface area contributed by atoms with Crippen molar-refractivity contribution < 1.29 is 0 Å². The average molecular weight is 203 g/mol. The smallest absolute Gasteiger partial charge is 0.124 e. The molecule has 2 atom stereocenters. The molecule has 0 aromatic rings. The van der Waals surface area contributed by atoms with Crippen molar-refractivity contribution in [3.05, 3.63) is 0 Å². The molecule has 15 heavy (non-hydrogen) atoms. The first-order valence-corrected chi connectivity index (χ1v) is 5.66. The van der Waals surface area contributed by atoms with Crippen LogP contribution in [-0.4, -0.2) is 36.1 Å². The quantitative estimate of drug-likeness (QED) is 0.672. The van der Waals surface area contributed by atoms with Crippen molar-refractivity contribution in [2.24, 2.45) is 0 Å². The molecule has 80 valence electrons. The van der Waals surface area contributed by atoms with Crippen LogP contribution in [0.15, 0.2) is 0 Å². The Bertz CT molecular complexity index is 312. The molecule has 2 fully saturated rings. The minimum absolute atomic E-state index is 0.379. The highest BCUT2D eigenvalue weighted by molar-refractivity contribution is 5.20. The number of terminal acetylenes is 1. The van der Waals surface area contributed by atoms with Crippen LogP contribution < -0.4 is 5.32 Å². The summed E-state index contributed by atoms with van der Waals surface area (Å²) in [5.74, 6) is 2.57. The first-order valence-electron chi connectivity index (χ1n) is 5.66. The number of piperidine rings is 1. The van der Waals surface area contributed by atoms with E-state index in [0.29, 0.717) is 12.6 Å². The summed E-state index contributed by atoms with van der Waals surface area (Å²) in [6.07, 6.45) is 9.80. The van der Waals surface area contributed by atoms with Crippen LogP contribution in [-0.2, 0) is 0 Å². The van der Waals surface area contributed by atoms with Crippen molar-refractivity contribution in [3.8, 4) is 18.4 Å². The lowest BCUT2D eigenvalue weighted by atomic mass is 9.86. The topological polar surface area (TPSA) is 39.1 Å². The van der Waals surface area contributed by atoms with Crippen molar-refractivity contribution in [1.29, 1.82) is 5.26 Å². The Morgan fingerprint density at radius 3 is 3.07 bits per heavy atom. The van der Waals surface area contributed by atoms with E-state index in [2.05, 4.69) is 22.2 Å². The van der Waals surface area contributed by atoms with E-state index in [9.17, 15) is 5.26 Å². The summed E-state index contributed by atoms with van der Waals surface area (Å²) < 4.78 is 0. The molecule has 0 amide bonds. The molecule has 2 aliphatic rings. The Kier molecular flexibility index (Phi) is 2.95. The zero-order valence-electron chi connectivity index (χ0n) is 9.00. The standard InChI is InChI=1S/C12H17N3/c1-2-7-14-12(10-13)6-9-15-8-4-3-5-11(12)15/h1,11,14H,3-9H2. The lowest BCUT2D eigenvalue weighted by Crippen LogP contribution is -2.55. The molecule has 2 heterocycles. The average Bonchev–Trinajstić information content (AvgIpc) is 2.66. The van der Waals surface area contributed by atoms with Gasteiger partial charge < -0.3 is 0 Å². The van der Waals surface area contributed by atoms with E-state index in [4.69, 9.17) is 6.42 Å². The third-order valence-electron chi connectivity index (χ3n) is 3.68. The molecule has 0 aromatic carbocycles. The van der Waals surface area contributed by atoms with Crippen molar-refractivity contribution in [2.75, 3.05) is 19.6 Å². The molecular formula is C12H17N3. The van der Waals surface area contributed by atoms with Gasteiger partial charge in [-0.3, -0.25) is 10.2 Å². The van der Waals surface area contributed by atoms with Crippen LogP contribution in [0.5, 0.6) is 0 Å². The van der Waals surface area contributed by atoms with Gasteiger partial charge in [0.15, 0.2) is 0 Å². The van der Waals surface area contributed by atoms with Gasteiger partial charge in [0.1, 0.15) is 5.54 Å². The third kappa shape index (κ3) is 1.74. The minimum Gasteiger partial charge on any atom is -0.297 e. The lowest BCUT2D eigenvalue weighted by molar-refractivity contribution is 0.162. The molecule has 0 aromatic heterocycles. The predicted octanol–water partition coefficient (Wildman–Crippen LogP) is 0.730. The van der Waals surface area contributed by atoms with Gasteiger partial charge in [-0.15, -0.1) is 6.42 Å². The lowest BCUT2D eigenvalue weighted by Gasteiger charge is -2.36. The van der Waals surface area contributed by atoms with Crippen LogP contribution in [0.25, 0.3) is 0 Å². The zero-order valence-corrected chi connectivity index (χ0v) is 9.00. The second-order valence-corrected chi connectivity index (χ2v) is 4.44. The molecule has 0 aliphatic carbocycles. The summed E-state index contributed by atoms with van der Waals surface area (Å²) in [5.41, 5.74) is -0.382. The first-order chi connectivity index (χ1) is 7.32. The van der Waals surface area contributed by atoms with E-state index in [1.54, 1.807) is 0 Å². The highest BCUT2D eigenvalue weighted by Crippen LogP contribution is 2.34. The molecule has 0 bridgehead atoms. The molecule has 3 nitrogen and oxygen atoms in total. The second-order valence-electron chi connectivity index (χ2n) is 4.44. The van der Waals surface area contributed by atoms with Crippen LogP contribution in [0.3, 0.4) is 0 Å². The van der Waals surface area contributed by atoms with Gasteiger partial charge in [-0.25, -0.2) is 0 Å². The van der Waals surface area contributed by atoms with Crippen molar-refractivity contribution >= 4 is 0 Å². The molecule has 0 saturated carbocycles. The van der Waals surface area contributed by atoms with Gasteiger partial charge in [-0.1, -0.05) is 12.3 Å². The zero-order chi connectivity index (χ0) is 10.7. The fourth-order valence-corrected chi connectivity index (χ4v) is 2.89. The van der Waals surface area contributed by atoms with E-state index in [-0.39, 0.29) is 5.54 Å². The highest BCUT2D eigenvalue weighted by Gasteiger charge is 2.47. The normalized spacial score (nSPS) is 35.5. The fraction of sp³-hybridized carbons (Fsp3) is 0.750. The van der Waals surface area contributed by atoms with Gasteiger partial charge in [-0.2, -0.15) is 5.26 Å². The van der Waals surface area contributed by atoms with Crippen molar-refractivity contribution in [2.45, 2.75) is 37.3 Å². The van der Waals surface area contributed by atoms with E-state index in [0.717, 1.165) is 25.9 Å². The van der Waals surface area contributed by atoms with Gasteiger partial charge in [0.2, 0.25) is 0 Å². The molecular weight excluding hydrogens is 186 g/mol. The van der Waals surface area contributed by atoms with Gasteiger partial charge >= 0.3 is 0 Å². The molecule has 0 radical (unpaired) electrons. The van der Waals surface area contributed by atoms with Crippen LogP contribution in [0.2, 0.25) is 0 Å². The Labute approximate surface area is 91.4 Å². The van der Waals surface area contributed by atoms with E-state index >= 15 is 0 Å². The van der Waals surface area contributed by atoms with E-state index < -0.39 is 0 Å². The number of nitrogens with zero attached hydrogens (tertiary/aromatic N) is 2. The van der Waals surface area contributed by atoms with Crippen molar-refractivity contribution in [1.82, 2.24) is 10.2 Å². The number of rotatable bonds is 2. The van der Waals surface area contributed by atoms with E-state index in [1.807, 2.05) is 0 Å². The second kappa shape index (κ2) is 4.23. The number of hydrogen-bond donors (Lipinski definition) is 1. The molecule has 0 spiro atoms. The minimum atomic E-state index is -0.382. The largest absolute Gasteiger partial charge is 0.297 e. The van der Waals surface area contributed by atoms with Gasteiger partial charge in [0.05, 0.1) is 12.6 Å². The highest BCUT2D eigenvalue weighted by atomic mass is 15.2. The SMILES string of the molecule is C#CCNC1(C#N)CCN2CCCCC21. The Morgan fingerprint density at radius 2 is 2.33 bits per heavy atom.